The molecular weight excluding hydrogens is 528 g/mol. The zero-order chi connectivity index (χ0) is 28.9. The maximum Gasteiger partial charge on any atom is 0.407 e. The third kappa shape index (κ3) is 6.09. The topological polar surface area (TPSA) is 126 Å². The molecule has 0 bridgehead atoms. The van der Waals surface area contributed by atoms with E-state index < -0.39 is 6.09 Å². The lowest BCUT2D eigenvalue weighted by molar-refractivity contribution is 0.0856. The Kier molecular flexibility index (Phi) is 8.63. The Hall–Kier alpha value is -4.25. The minimum absolute atomic E-state index is 0.103. The van der Waals surface area contributed by atoms with Gasteiger partial charge in [0, 0.05) is 61.8 Å². The van der Waals surface area contributed by atoms with E-state index in [9.17, 15) is 19.9 Å². The molecule has 3 aromatic rings. The second-order valence-corrected chi connectivity index (χ2v) is 10.3. The molecule has 11 nitrogen and oxygen atoms in total. The second-order valence-electron chi connectivity index (χ2n) is 10.3. The summed E-state index contributed by atoms with van der Waals surface area (Å²) in [5.41, 5.74) is 2.70. The third-order valence-corrected chi connectivity index (χ3v) is 7.93. The van der Waals surface area contributed by atoms with Gasteiger partial charge >= 0.3 is 6.09 Å². The van der Waals surface area contributed by atoms with Gasteiger partial charge in [-0.3, -0.25) is 4.79 Å². The lowest BCUT2D eigenvalue weighted by Gasteiger charge is -2.37. The molecule has 41 heavy (non-hydrogen) atoms. The monoisotopic (exact) mass is 564 g/mol. The first kappa shape index (κ1) is 28.3. The van der Waals surface area contributed by atoms with Crippen LogP contribution >= 0.6 is 0 Å². The van der Waals surface area contributed by atoms with E-state index >= 15 is 0 Å². The Balaban J connectivity index is 1.26. The molecule has 1 aromatic heterocycles. The van der Waals surface area contributed by atoms with Crippen LogP contribution in [0.1, 0.15) is 37.3 Å². The Morgan fingerprint density at radius 1 is 1.07 bits per heavy atom. The summed E-state index contributed by atoms with van der Waals surface area (Å²) < 4.78 is 18.5. The van der Waals surface area contributed by atoms with E-state index in [4.69, 9.17) is 14.2 Å². The van der Waals surface area contributed by atoms with Crippen molar-refractivity contribution in [1.82, 2.24) is 14.4 Å². The van der Waals surface area contributed by atoms with Gasteiger partial charge in [0.1, 0.15) is 19.0 Å². The summed E-state index contributed by atoms with van der Waals surface area (Å²) in [6.07, 6.45) is 0.982. The normalized spacial score (nSPS) is 16.1. The van der Waals surface area contributed by atoms with Crippen molar-refractivity contribution in [2.24, 2.45) is 5.16 Å². The number of piperidine rings is 1. The number of benzene rings is 2. The molecule has 1 amide bonds. The fraction of sp³-hybridized carbons (Fsp3) is 0.433. The zero-order valence-electron chi connectivity index (χ0n) is 23.4. The molecule has 0 atom stereocenters. The van der Waals surface area contributed by atoms with Gasteiger partial charge in [0.25, 0.3) is 5.56 Å². The predicted octanol–water partition coefficient (Wildman–Crippen LogP) is 4.01. The van der Waals surface area contributed by atoms with Crippen LogP contribution in [0.3, 0.4) is 0 Å². The number of carbonyl (C=O) groups is 1. The summed E-state index contributed by atoms with van der Waals surface area (Å²) in [6.45, 7) is 5.72. The molecule has 1 fully saturated rings. The molecule has 0 spiro atoms. The maximum atomic E-state index is 12.9. The highest BCUT2D eigenvalue weighted by Crippen LogP contribution is 2.32. The van der Waals surface area contributed by atoms with E-state index in [1.165, 1.54) is 11.0 Å². The fourth-order valence-corrected chi connectivity index (χ4v) is 5.71. The van der Waals surface area contributed by atoms with Gasteiger partial charge in [0.05, 0.1) is 18.3 Å². The summed E-state index contributed by atoms with van der Waals surface area (Å²) in [4.78, 5) is 28.9. The van der Waals surface area contributed by atoms with Crippen molar-refractivity contribution in [2.45, 2.75) is 45.3 Å². The van der Waals surface area contributed by atoms with Crippen LogP contribution in [-0.4, -0.2) is 82.5 Å². The van der Waals surface area contributed by atoms with Gasteiger partial charge in [-0.15, -0.1) is 0 Å². The largest absolute Gasteiger partial charge is 0.497 e. The van der Waals surface area contributed by atoms with E-state index in [0.717, 1.165) is 29.6 Å². The number of nitrogens with zero attached hydrogens (tertiary/aromatic N) is 4. The van der Waals surface area contributed by atoms with Crippen molar-refractivity contribution in [2.75, 3.05) is 40.0 Å². The van der Waals surface area contributed by atoms with E-state index in [0.29, 0.717) is 74.0 Å². The van der Waals surface area contributed by atoms with Crippen molar-refractivity contribution in [3.05, 3.63) is 63.9 Å². The number of ether oxygens (including phenoxy) is 3. The summed E-state index contributed by atoms with van der Waals surface area (Å²) in [5.74, 6) is 1.91. The molecule has 0 saturated carbocycles. The smallest absolute Gasteiger partial charge is 0.407 e. The minimum Gasteiger partial charge on any atom is -0.497 e. The molecule has 0 aliphatic carbocycles. The SMILES string of the molecule is CC/C(=N\O)c1cc(OC)cc2c1ccc(=O)n2CCN1CCC(N(Cc2ccc3c(c2)OCCO3)C(=O)O)CC1. The lowest BCUT2D eigenvalue weighted by atomic mass is 10.0. The number of oxime groups is 1. The summed E-state index contributed by atoms with van der Waals surface area (Å²) in [5, 5.41) is 23.8. The van der Waals surface area contributed by atoms with Gasteiger partial charge in [0.2, 0.25) is 0 Å². The number of aromatic nitrogens is 1. The Labute approximate surface area is 238 Å². The van der Waals surface area contributed by atoms with Crippen LogP contribution in [-0.2, 0) is 13.1 Å². The van der Waals surface area contributed by atoms with Crippen molar-refractivity contribution >= 4 is 22.7 Å². The molecular formula is C30H36N4O7. The van der Waals surface area contributed by atoms with Crippen LogP contribution in [0.25, 0.3) is 10.9 Å². The molecule has 3 heterocycles. The number of methoxy groups -OCH3 is 1. The highest BCUT2D eigenvalue weighted by Gasteiger charge is 2.28. The average Bonchev–Trinajstić information content (AvgIpc) is 3.00. The number of fused-ring (bicyclic) bond motifs is 2. The summed E-state index contributed by atoms with van der Waals surface area (Å²) >= 11 is 0. The first-order chi connectivity index (χ1) is 19.9. The maximum absolute atomic E-state index is 12.9. The van der Waals surface area contributed by atoms with Crippen molar-refractivity contribution in [1.29, 1.82) is 0 Å². The van der Waals surface area contributed by atoms with Gasteiger partial charge < -0.3 is 38.9 Å². The van der Waals surface area contributed by atoms with Gasteiger partial charge in [-0.1, -0.05) is 18.1 Å². The Bertz CT molecular complexity index is 1490. The van der Waals surface area contributed by atoms with Crippen LogP contribution in [0, 0.1) is 0 Å². The second kappa shape index (κ2) is 12.5. The van der Waals surface area contributed by atoms with Gasteiger partial charge in [-0.2, -0.15) is 0 Å². The van der Waals surface area contributed by atoms with Crippen molar-refractivity contribution in [3.8, 4) is 17.2 Å². The molecule has 5 rings (SSSR count). The molecule has 218 valence electrons. The van der Waals surface area contributed by atoms with Crippen LogP contribution in [0.2, 0.25) is 0 Å². The average molecular weight is 565 g/mol. The molecule has 1 saturated heterocycles. The van der Waals surface area contributed by atoms with Crippen LogP contribution < -0.4 is 19.8 Å². The van der Waals surface area contributed by atoms with Crippen molar-refractivity contribution in [3.63, 3.8) is 0 Å². The number of hydrogen-bond acceptors (Lipinski definition) is 8. The number of pyridine rings is 1. The number of rotatable bonds is 9. The zero-order valence-corrected chi connectivity index (χ0v) is 23.4. The van der Waals surface area contributed by atoms with Crippen LogP contribution in [0.15, 0.2) is 52.4 Å². The molecule has 11 heteroatoms. The first-order valence-corrected chi connectivity index (χ1v) is 13.9. The highest BCUT2D eigenvalue weighted by atomic mass is 16.6. The summed E-state index contributed by atoms with van der Waals surface area (Å²) in [6, 6.07) is 12.4. The molecule has 0 unspecified atom stereocenters. The van der Waals surface area contributed by atoms with Crippen molar-refractivity contribution < 1.29 is 29.3 Å². The Morgan fingerprint density at radius 3 is 2.51 bits per heavy atom. The van der Waals surface area contributed by atoms with E-state index in [1.807, 2.05) is 37.3 Å². The Morgan fingerprint density at radius 2 is 1.83 bits per heavy atom. The van der Waals surface area contributed by atoms with E-state index in [2.05, 4.69) is 10.1 Å². The molecule has 2 aromatic carbocycles. The van der Waals surface area contributed by atoms with E-state index in [-0.39, 0.29) is 18.1 Å². The third-order valence-electron chi connectivity index (χ3n) is 7.93. The standard InChI is InChI=1S/C30H36N4O7/c1-3-25(31-38)24-17-22(39-2)18-26-23(24)5-7-29(35)33(26)13-12-32-10-8-21(9-11-32)34(30(36)37)19-20-4-6-27-28(16-20)41-15-14-40-27/h4-7,16-18,21,38H,3,8-15,19H2,1-2H3,(H,36,37)/b31-25+. The minimum atomic E-state index is -0.941. The quantitative estimate of drug-likeness (QED) is 0.227. The molecule has 2 N–H and O–H groups in total. The lowest BCUT2D eigenvalue weighted by Crippen LogP contribution is -2.47. The van der Waals surface area contributed by atoms with Gasteiger partial charge in [0.15, 0.2) is 11.5 Å². The number of carboxylic acid groups (broad SMARTS) is 1. The van der Waals surface area contributed by atoms with Crippen LogP contribution in [0.5, 0.6) is 17.2 Å². The van der Waals surface area contributed by atoms with Gasteiger partial charge in [-0.25, -0.2) is 4.79 Å². The highest BCUT2D eigenvalue weighted by molar-refractivity contribution is 6.10. The predicted molar refractivity (Wildman–Crippen MR) is 154 cm³/mol. The molecule has 2 aliphatic heterocycles. The van der Waals surface area contributed by atoms with Gasteiger partial charge in [-0.05, 0) is 49.1 Å². The molecule has 0 radical (unpaired) electrons. The summed E-state index contributed by atoms with van der Waals surface area (Å²) in [7, 11) is 1.57. The van der Waals surface area contributed by atoms with E-state index in [1.54, 1.807) is 17.7 Å². The number of amides is 1. The number of likely N-dealkylation sites (tertiary alicyclic amines) is 1. The first-order valence-electron chi connectivity index (χ1n) is 13.9. The fourth-order valence-electron chi connectivity index (χ4n) is 5.71. The molecule has 2 aliphatic rings. The number of hydrogen-bond donors (Lipinski definition) is 2. The van der Waals surface area contributed by atoms with Crippen LogP contribution in [0.4, 0.5) is 4.79 Å².